The van der Waals surface area contributed by atoms with E-state index in [0.717, 1.165) is 18.4 Å². The van der Waals surface area contributed by atoms with Crippen LogP contribution in [0.4, 0.5) is 0 Å². The quantitative estimate of drug-likeness (QED) is 0.555. The Labute approximate surface area is 78.0 Å². The van der Waals surface area contributed by atoms with Gasteiger partial charge in [-0.05, 0) is 19.6 Å². The lowest BCUT2D eigenvalue weighted by atomic mass is 9.56. The molecule has 0 aliphatic heterocycles. The molecule has 2 heteroatoms. The Bertz CT molecular complexity index is 92.0. The normalized spacial score (nSPS) is 11.2. The van der Waals surface area contributed by atoms with Crippen LogP contribution in [0.5, 0.6) is 0 Å². The minimum absolute atomic E-state index is 0.481. The summed E-state index contributed by atoms with van der Waals surface area (Å²) in [5.74, 6) is 1.50. The molecule has 0 heterocycles. The highest BCUT2D eigenvalue weighted by atomic mass is 16.4. The molecule has 0 amide bonds. The van der Waals surface area contributed by atoms with E-state index in [1.807, 2.05) is 0 Å². The van der Waals surface area contributed by atoms with E-state index in [-0.39, 0.29) is 0 Å². The lowest BCUT2D eigenvalue weighted by molar-refractivity contribution is 0.332. The fourth-order valence-corrected chi connectivity index (χ4v) is 1.52. The molecule has 12 heavy (non-hydrogen) atoms. The van der Waals surface area contributed by atoms with Gasteiger partial charge in [-0.15, -0.1) is 0 Å². The zero-order valence-electron chi connectivity index (χ0n) is 9.26. The van der Waals surface area contributed by atoms with Crippen LogP contribution >= 0.6 is 0 Å². The summed E-state index contributed by atoms with van der Waals surface area (Å²) in [5, 5.41) is 0. The first kappa shape index (κ1) is 12.0. The molecule has 0 aromatic rings. The van der Waals surface area contributed by atoms with E-state index in [1.54, 1.807) is 0 Å². The lowest BCUT2D eigenvalue weighted by Gasteiger charge is -2.16. The summed E-state index contributed by atoms with van der Waals surface area (Å²) in [5.41, 5.74) is 0. The predicted octanol–water partition coefficient (Wildman–Crippen LogP) is 3.33. The molecular weight excluding hydrogens is 147 g/mol. The van der Waals surface area contributed by atoms with Crippen molar-refractivity contribution in [1.29, 1.82) is 0 Å². The zero-order valence-corrected chi connectivity index (χ0v) is 9.26. The molecule has 0 rings (SSSR count). The monoisotopic (exact) mass is 170 g/mol. The standard InChI is InChI=1S/C10H23BO/c1-6-12-11(7-9(2)3)8-10(4)5/h9-10H,6-8H2,1-5H3. The second-order valence-corrected chi connectivity index (χ2v) is 4.34. The molecule has 0 N–H and O–H groups in total. The van der Waals surface area contributed by atoms with Crippen LogP contribution in [0.25, 0.3) is 0 Å². The van der Waals surface area contributed by atoms with Crippen molar-refractivity contribution in [3.8, 4) is 0 Å². The topological polar surface area (TPSA) is 9.23 Å². The number of rotatable bonds is 6. The van der Waals surface area contributed by atoms with Crippen molar-refractivity contribution in [2.24, 2.45) is 11.8 Å². The van der Waals surface area contributed by atoms with Gasteiger partial charge in [0.05, 0.1) is 0 Å². The van der Waals surface area contributed by atoms with Crippen LogP contribution in [0.1, 0.15) is 34.6 Å². The first-order valence-electron chi connectivity index (χ1n) is 5.17. The summed E-state index contributed by atoms with van der Waals surface area (Å²) in [6.45, 7) is 12.4. The number of hydrogen-bond donors (Lipinski definition) is 0. The van der Waals surface area contributed by atoms with Crippen molar-refractivity contribution in [3.05, 3.63) is 0 Å². The Hall–Kier alpha value is 0.0249. The van der Waals surface area contributed by atoms with Crippen molar-refractivity contribution in [2.75, 3.05) is 6.61 Å². The van der Waals surface area contributed by atoms with Gasteiger partial charge < -0.3 is 4.65 Å². The summed E-state index contributed by atoms with van der Waals surface area (Å²) < 4.78 is 5.66. The van der Waals surface area contributed by atoms with Crippen molar-refractivity contribution in [2.45, 2.75) is 47.3 Å². The minimum Gasteiger partial charge on any atom is -0.436 e. The molecule has 0 aliphatic rings. The van der Waals surface area contributed by atoms with Gasteiger partial charge in [0.25, 0.3) is 6.92 Å². The van der Waals surface area contributed by atoms with E-state index in [0.29, 0.717) is 6.92 Å². The highest BCUT2D eigenvalue weighted by Gasteiger charge is 2.17. The molecule has 0 aromatic carbocycles. The summed E-state index contributed by atoms with van der Waals surface area (Å²) in [6.07, 6.45) is 2.40. The molecule has 0 bridgehead atoms. The first-order chi connectivity index (χ1) is 5.56. The average Bonchev–Trinajstić information content (AvgIpc) is 1.84. The van der Waals surface area contributed by atoms with Gasteiger partial charge in [0.15, 0.2) is 0 Å². The molecule has 0 unspecified atom stereocenters. The van der Waals surface area contributed by atoms with Crippen LogP contribution in [-0.4, -0.2) is 13.5 Å². The molecule has 0 aliphatic carbocycles. The van der Waals surface area contributed by atoms with Gasteiger partial charge in [-0.25, -0.2) is 0 Å². The lowest BCUT2D eigenvalue weighted by Crippen LogP contribution is -2.21. The Morgan fingerprint density at radius 2 is 1.42 bits per heavy atom. The third-order valence-electron chi connectivity index (χ3n) is 1.87. The van der Waals surface area contributed by atoms with E-state index in [9.17, 15) is 0 Å². The van der Waals surface area contributed by atoms with Crippen molar-refractivity contribution in [3.63, 3.8) is 0 Å². The van der Waals surface area contributed by atoms with Gasteiger partial charge in [-0.1, -0.05) is 39.5 Å². The molecule has 0 aromatic heterocycles. The Morgan fingerprint density at radius 1 is 1.00 bits per heavy atom. The average molecular weight is 170 g/mol. The zero-order chi connectivity index (χ0) is 9.56. The third kappa shape index (κ3) is 6.72. The minimum atomic E-state index is 0.481. The maximum absolute atomic E-state index is 5.66. The smallest absolute Gasteiger partial charge is 0.293 e. The SMILES string of the molecule is CCOB(CC(C)C)CC(C)C. The fourth-order valence-electron chi connectivity index (χ4n) is 1.52. The fraction of sp³-hybridized carbons (Fsp3) is 1.00. The summed E-state index contributed by atoms with van der Waals surface area (Å²) >= 11 is 0. The second kappa shape index (κ2) is 6.53. The van der Waals surface area contributed by atoms with Gasteiger partial charge in [-0.3, -0.25) is 0 Å². The van der Waals surface area contributed by atoms with Crippen LogP contribution in [0, 0.1) is 11.8 Å². The van der Waals surface area contributed by atoms with Crippen LogP contribution in [0.15, 0.2) is 0 Å². The van der Waals surface area contributed by atoms with Crippen LogP contribution in [-0.2, 0) is 4.65 Å². The summed E-state index contributed by atoms with van der Waals surface area (Å²) in [4.78, 5) is 0. The molecule has 0 saturated heterocycles. The van der Waals surface area contributed by atoms with E-state index in [2.05, 4.69) is 34.6 Å². The molecule has 1 nitrogen and oxygen atoms in total. The first-order valence-corrected chi connectivity index (χ1v) is 5.17. The summed E-state index contributed by atoms with van der Waals surface area (Å²) in [6, 6.07) is 0. The molecule has 0 saturated carbocycles. The Kier molecular flexibility index (Phi) is 6.54. The second-order valence-electron chi connectivity index (χ2n) is 4.34. The van der Waals surface area contributed by atoms with Gasteiger partial charge in [-0.2, -0.15) is 0 Å². The molecular formula is C10H23BO. The Balaban J connectivity index is 3.69. The van der Waals surface area contributed by atoms with Crippen LogP contribution in [0.2, 0.25) is 12.6 Å². The maximum atomic E-state index is 5.66. The number of hydrogen-bond acceptors (Lipinski definition) is 1. The van der Waals surface area contributed by atoms with Gasteiger partial charge >= 0.3 is 0 Å². The molecule has 0 spiro atoms. The van der Waals surface area contributed by atoms with Crippen molar-refractivity contribution >= 4 is 6.92 Å². The Morgan fingerprint density at radius 3 is 1.67 bits per heavy atom. The van der Waals surface area contributed by atoms with Crippen molar-refractivity contribution < 1.29 is 4.65 Å². The molecule has 72 valence electrons. The van der Waals surface area contributed by atoms with E-state index in [1.165, 1.54) is 12.6 Å². The van der Waals surface area contributed by atoms with Gasteiger partial charge in [0.1, 0.15) is 0 Å². The predicted molar refractivity (Wildman–Crippen MR) is 56.7 cm³/mol. The summed E-state index contributed by atoms with van der Waals surface area (Å²) in [7, 11) is 0. The van der Waals surface area contributed by atoms with Crippen molar-refractivity contribution in [1.82, 2.24) is 0 Å². The maximum Gasteiger partial charge on any atom is 0.293 e. The van der Waals surface area contributed by atoms with Gasteiger partial charge in [0.2, 0.25) is 0 Å². The molecule has 0 radical (unpaired) electrons. The van der Waals surface area contributed by atoms with E-state index >= 15 is 0 Å². The highest BCUT2D eigenvalue weighted by Crippen LogP contribution is 2.15. The largest absolute Gasteiger partial charge is 0.436 e. The molecule has 0 atom stereocenters. The highest BCUT2D eigenvalue weighted by molar-refractivity contribution is 6.51. The van der Waals surface area contributed by atoms with Gasteiger partial charge in [0, 0.05) is 6.61 Å². The molecule has 0 fully saturated rings. The van der Waals surface area contributed by atoms with E-state index < -0.39 is 0 Å². The van der Waals surface area contributed by atoms with Crippen LogP contribution in [0.3, 0.4) is 0 Å². The van der Waals surface area contributed by atoms with E-state index in [4.69, 9.17) is 4.65 Å². The van der Waals surface area contributed by atoms with Crippen LogP contribution < -0.4 is 0 Å². The third-order valence-corrected chi connectivity index (χ3v) is 1.87.